The summed E-state index contributed by atoms with van der Waals surface area (Å²) in [7, 11) is -2.00. The molecule has 1 fully saturated rings. The zero-order valence-corrected chi connectivity index (χ0v) is 13.4. The molecular weight excluding hydrogens is 306 g/mol. The van der Waals surface area contributed by atoms with Crippen LogP contribution < -0.4 is 10.5 Å². The molecule has 1 heterocycles. The quantitative estimate of drug-likeness (QED) is 0.814. The molecule has 1 saturated heterocycles. The zero-order chi connectivity index (χ0) is 16.2. The van der Waals surface area contributed by atoms with Crippen LogP contribution in [0.25, 0.3) is 0 Å². The molecule has 0 aromatic heterocycles. The molecule has 22 heavy (non-hydrogen) atoms. The van der Waals surface area contributed by atoms with Gasteiger partial charge < -0.3 is 15.4 Å². The first-order valence-electron chi connectivity index (χ1n) is 7.11. The molecule has 1 aromatic rings. The average Bonchev–Trinajstić information content (AvgIpc) is 2.55. The van der Waals surface area contributed by atoms with Crippen molar-refractivity contribution in [1.82, 2.24) is 9.21 Å². The molecule has 2 N–H and O–H groups in total. The second-order valence-corrected chi connectivity index (χ2v) is 6.94. The summed E-state index contributed by atoms with van der Waals surface area (Å²) in [5.41, 5.74) is 5.37. The highest BCUT2D eigenvalue weighted by Gasteiger charge is 2.29. The Morgan fingerprint density at radius 1 is 1.18 bits per heavy atom. The van der Waals surface area contributed by atoms with E-state index in [1.807, 2.05) is 0 Å². The molecule has 1 aromatic carbocycles. The Bertz CT molecular complexity index is 607. The number of carbonyl (C=O) groups is 1. The molecule has 0 atom stereocenters. The van der Waals surface area contributed by atoms with Crippen LogP contribution in [-0.2, 0) is 14.8 Å². The van der Waals surface area contributed by atoms with Crippen molar-refractivity contribution in [3.8, 4) is 5.75 Å². The van der Waals surface area contributed by atoms with E-state index in [-0.39, 0.29) is 10.8 Å². The minimum Gasteiger partial charge on any atom is -0.497 e. The van der Waals surface area contributed by atoms with Crippen molar-refractivity contribution in [2.75, 3.05) is 39.8 Å². The molecule has 0 unspecified atom stereocenters. The van der Waals surface area contributed by atoms with Gasteiger partial charge in [0.15, 0.2) is 0 Å². The standard InChI is InChI=1S/C14H21N3O4S/c1-21-12-2-4-13(5-3-12)22(19,20)17-10-8-16(9-11-17)14(18)6-7-15/h2-5H,6-11,15H2,1H3. The summed E-state index contributed by atoms with van der Waals surface area (Å²) in [5.74, 6) is 0.583. The Morgan fingerprint density at radius 2 is 1.77 bits per heavy atom. The van der Waals surface area contributed by atoms with E-state index in [0.29, 0.717) is 44.9 Å². The lowest BCUT2D eigenvalue weighted by Gasteiger charge is -2.34. The normalized spacial score (nSPS) is 16.5. The van der Waals surface area contributed by atoms with Crippen LogP contribution in [0.1, 0.15) is 6.42 Å². The van der Waals surface area contributed by atoms with Crippen molar-refractivity contribution in [3.63, 3.8) is 0 Å². The molecule has 0 saturated carbocycles. The molecule has 2 rings (SSSR count). The third kappa shape index (κ3) is 3.57. The molecule has 0 bridgehead atoms. The summed E-state index contributed by atoms with van der Waals surface area (Å²) in [4.78, 5) is 13.7. The molecule has 122 valence electrons. The van der Waals surface area contributed by atoms with Crippen LogP contribution >= 0.6 is 0 Å². The molecule has 0 aliphatic carbocycles. The number of hydrogen-bond acceptors (Lipinski definition) is 5. The molecule has 8 heteroatoms. The number of hydrogen-bond donors (Lipinski definition) is 1. The summed E-state index contributed by atoms with van der Waals surface area (Å²) in [6.07, 6.45) is 0.297. The number of benzene rings is 1. The van der Waals surface area contributed by atoms with E-state index < -0.39 is 10.0 Å². The molecule has 1 aliphatic rings. The van der Waals surface area contributed by atoms with Gasteiger partial charge in [0.1, 0.15) is 5.75 Å². The smallest absolute Gasteiger partial charge is 0.243 e. The van der Waals surface area contributed by atoms with Crippen molar-refractivity contribution in [2.24, 2.45) is 5.73 Å². The van der Waals surface area contributed by atoms with Crippen molar-refractivity contribution in [1.29, 1.82) is 0 Å². The maximum Gasteiger partial charge on any atom is 0.243 e. The number of nitrogens with two attached hydrogens (primary N) is 1. The molecule has 1 aliphatic heterocycles. The van der Waals surface area contributed by atoms with Gasteiger partial charge in [0.25, 0.3) is 0 Å². The third-order valence-corrected chi connectivity index (χ3v) is 5.56. The average molecular weight is 327 g/mol. The lowest BCUT2D eigenvalue weighted by Crippen LogP contribution is -2.50. The fourth-order valence-corrected chi connectivity index (χ4v) is 3.78. The predicted octanol–water partition coefficient (Wildman–Crippen LogP) is -0.123. The Kier molecular flexibility index (Phi) is 5.38. The highest BCUT2D eigenvalue weighted by molar-refractivity contribution is 7.89. The summed E-state index contributed by atoms with van der Waals surface area (Å²) >= 11 is 0. The first-order valence-corrected chi connectivity index (χ1v) is 8.55. The van der Waals surface area contributed by atoms with Crippen LogP contribution in [0.15, 0.2) is 29.2 Å². The van der Waals surface area contributed by atoms with Crippen LogP contribution in [0.4, 0.5) is 0 Å². The first kappa shape index (κ1) is 16.7. The number of sulfonamides is 1. The van der Waals surface area contributed by atoms with E-state index in [0.717, 1.165) is 0 Å². The van der Waals surface area contributed by atoms with Crippen LogP contribution in [0.3, 0.4) is 0 Å². The van der Waals surface area contributed by atoms with Gasteiger partial charge in [-0.3, -0.25) is 4.79 Å². The number of carbonyl (C=O) groups excluding carboxylic acids is 1. The highest BCUT2D eigenvalue weighted by atomic mass is 32.2. The van der Waals surface area contributed by atoms with Crippen molar-refractivity contribution < 1.29 is 17.9 Å². The number of piperazine rings is 1. The maximum absolute atomic E-state index is 12.6. The fourth-order valence-electron chi connectivity index (χ4n) is 2.36. The lowest BCUT2D eigenvalue weighted by atomic mass is 10.3. The van der Waals surface area contributed by atoms with E-state index in [4.69, 9.17) is 10.5 Å². The number of amides is 1. The van der Waals surface area contributed by atoms with Gasteiger partial charge >= 0.3 is 0 Å². The second-order valence-electron chi connectivity index (χ2n) is 5.00. The number of ether oxygens (including phenoxy) is 1. The summed E-state index contributed by atoms with van der Waals surface area (Å²) < 4.78 is 31.5. The van der Waals surface area contributed by atoms with E-state index in [1.165, 1.54) is 23.5 Å². The second kappa shape index (κ2) is 7.08. The summed E-state index contributed by atoms with van der Waals surface area (Å²) in [6.45, 7) is 1.70. The largest absolute Gasteiger partial charge is 0.497 e. The lowest BCUT2D eigenvalue weighted by molar-refractivity contribution is -0.132. The Balaban J connectivity index is 2.04. The fraction of sp³-hybridized carbons (Fsp3) is 0.500. The van der Waals surface area contributed by atoms with E-state index in [9.17, 15) is 13.2 Å². The monoisotopic (exact) mass is 327 g/mol. The molecular formula is C14H21N3O4S. The van der Waals surface area contributed by atoms with E-state index in [2.05, 4.69) is 0 Å². The SMILES string of the molecule is COc1ccc(S(=O)(=O)N2CCN(C(=O)CCN)CC2)cc1. The molecule has 1 amide bonds. The van der Waals surface area contributed by atoms with Crippen molar-refractivity contribution in [2.45, 2.75) is 11.3 Å². The third-order valence-electron chi connectivity index (χ3n) is 3.65. The number of methoxy groups -OCH3 is 1. The van der Waals surface area contributed by atoms with Gasteiger partial charge in [0, 0.05) is 39.1 Å². The maximum atomic E-state index is 12.6. The van der Waals surface area contributed by atoms with Gasteiger partial charge in [0.05, 0.1) is 12.0 Å². The number of nitrogens with zero attached hydrogens (tertiary/aromatic N) is 2. The predicted molar refractivity (Wildman–Crippen MR) is 82.0 cm³/mol. The Hall–Kier alpha value is -1.64. The minimum absolute atomic E-state index is 0.0241. The molecule has 7 nitrogen and oxygen atoms in total. The summed E-state index contributed by atoms with van der Waals surface area (Å²) in [5, 5.41) is 0. The van der Waals surface area contributed by atoms with Crippen LogP contribution in [0, 0.1) is 0 Å². The van der Waals surface area contributed by atoms with Gasteiger partial charge in [-0.15, -0.1) is 0 Å². The van der Waals surface area contributed by atoms with Gasteiger partial charge in [-0.2, -0.15) is 4.31 Å². The minimum atomic E-state index is -3.53. The summed E-state index contributed by atoms with van der Waals surface area (Å²) in [6, 6.07) is 6.29. The van der Waals surface area contributed by atoms with E-state index >= 15 is 0 Å². The topological polar surface area (TPSA) is 92.9 Å². The van der Waals surface area contributed by atoms with Crippen molar-refractivity contribution in [3.05, 3.63) is 24.3 Å². The van der Waals surface area contributed by atoms with Gasteiger partial charge in [-0.05, 0) is 24.3 Å². The van der Waals surface area contributed by atoms with Gasteiger partial charge in [-0.1, -0.05) is 0 Å². The zero-order valence-electron chi connectivity index (χ0n) is 12.6. The molecule has 0 spiro atoms. The van der Waals surface area contributed by atoms with Gasteiger partial charge in [0.2, 0.25) is 15.9 Å². The molecule has 0 radical (unpaired) electrons. The van der Waals surface area contributed by atoms with E-state index in [1.54, 1.807) is 17.0 Å². The first-order chi connectivity index (χ1) is 10.5. The number of rotatable bonds is 5. The Labute approximate surface area is 130 Å². The van der Waals surface area contributed by atoms with Crippen molar-refractivity contribution >= 4 is 15.9 Å². The van der Waals surface area contributed by atoms with Crippen LogP contribution in [0.5, 0.6) is 5.75 Å². The highest BCUT2D eigenvalue weighted by Crippen LogP contribution is 2.20. The Morgan fingerprint density at radius 3 is 2.27 bits per heavy atom. The van der Waals surface area contributed by atoms with Gasteiger partial charge in [-0.25, -0.2) is 8.42 Å². The van der Waals surface area contributed by atoms with Crippen LogP contribution in [-0.4, -0.2) is 63.4 Å². The van der Waals surface area contributed by atoms with Crippen LogP contribution in [0.2, 0.25) is 0 Å².